The lowest BCUT2D eigenvalue weighted by molar-refractivity contribution is -0.140. The number of carbonyl (C=O) groups excluding carboxylic acids is 1. The first-order valence-corrected chi connectivity index (χ1v) is 7.87. The van der Waals surface area contributed by atoms with Crippen LogP contribution in [0.5, 0.6) is 0 Å². The van der Waals surface area contributed by atoms with Gasteiger partial charge in [0, 0.05) is 32.6 Å². The summed E-state index contributed by atoms with van der Waals surface area (Å²) < 4.78 is 30.0. The van der Waals surface area contributed by atoms with Gasteiger partial charge in [0.1, 0.15) is 0 Å². The van der Waals surface area contributed by atoms with Crippen molar-refractivity contribution in [1.82, 2.24) is 9.21 Å². The van der Waals surface area contributed by atoms with E-state index in [0.717, 1.165) is 19.6 Å². The molecule has 0 spiro atoms. The van der Waals surface area contributed by atoms with E-state index in [2.05, 4.69) is 16.6 Å². The van der Waals surface area contributed by atoms with Crippen molar-refractivity contribution in [2.24, 2.45) is 0 Å². The van der Waals surface area contributed by atoms with Gasteiger partial charge in [-0.15, -0.1) is 0 Å². The van der Waals surface area contributed by atoms with Gasteiger partial charge in [0.15, 0.2) is 0 Å². The summed E-state index contributed by atoms with van der Waals surface area (Å²) in [4.78, 5) is 13.1. The fraction of sp³-hybridized carbons (Fsp3) is 0.909. The molecular formula is C11H22N2O4S. The van der Waals surface area contributed by atoms with E-state index in [1.165, 1.54) is 11.4 Å². The van der Waals surface area contributed by atoms with Crippen molar-refractivity contribution in [3.63, 3.8) is 0 Å². The van der Waals surface area contributed by atoms with Crippen LogP contribution >= 0.6 is 0 Å². The molecule has 0 saturated carbocycles. The molecule has 0 aromatic carbocycles. The predicted molar refractivity (Wildman–Crippen MR) is 68.7 cm³/mol. The highest BCUT2D eigenvalue weighted by atomic mass is 32.2. The van der Waals surface area contributed by atoms with Crippen LogP contribution in [0.2, 0.25) is 0 Å². The van der Waals surface area contributed by atoms with Gasteiger partial charge in [0.2, 0.25) is 10.0 Å². The third-order valence-electron chi connectivity index (χ3n) is 3.18. The summed E-state index contributed by atoms with van der Waals surface area (Å²) in [5.74, 6) is -0.338. The van der Waals surface area contributed by atoms with Crippen LogP contribution in [0, 0.1) is 0 Å². The Morgan fingerprint density at radius 2 is 1.83 bits per heavy atom. The second-order valence-electron chi connectivity index (χ2n) is 4.33. The lowest BCUT2D eigenvalue weighted by Crippen LogP contribution is -2.49. The Labute approximate surface area is 109 Å². The summed E-state index contributed by atoms with van der Waals surface area (Å²) in [6, 6.07) is 0. The first-order chi connectivity index (χ1) is 8.49. The predicted octanol–water partition coefficient (Wildman–Crippen LogP) is -0.0931. The quantitative estimate of drug-likeness (QED) is 0.635. The second kappa shape index (κ2) is 7.06. The zero-order chi connectivity index (χ0) is 13.6. The van der Waals surface area contributed by atoms with Gasteiger partial charge in [-0.3, -0.25) is 4.79 Å². The highest BCUT2D eigenvalue weighted by Crippen LogP contribution is 2.09. The van der Waals surface area contributed by atoms with Crippen LogP contribution in [0.1, 0.15) is 19.8 Å². The van der Waals surface area contributed by atoms with E-state index in [0.29, 0.717) is 19.5 Å². The van der Waals surface area contributed by atoms with Crippen molar-refractivity contribution in [1.29, 1.82) is 0 Å². The Balaban J connectivity index is 2.37. The first kappa shape index (κ1) is 15.4. The second-order valence-corrected chi connectivity index (χ2v) is 6.42. The molecule has 0 amide bonds. The van der Waals surface area contributed by atoms with Crippen LogP contribution in [0.3, 0.4) is 0 Å². The maximum atomic E-state index is 12.0. The smallest absolute Gasteiger partial charge is 0.305 e. The molecule has 0 N–H and O–H groups in total. The number of carbonyl (C=O) groups is 1. The van der Waals surface area contributed by atoms with Crippen LogP contribution in [0.25, 0.3) is 0 Å². The molecule has 6 nitrogen and oxygen atoms in total. The first-order valence-electron chi connectivity index (χ1n) is 6.26. The highest BCUT2D eigenvalue weighted by Gasteiger charge is 2.25. The fourth-order valence-electron chi connectivity index (χ4n) is 1.95. The monoisotopic (exact) mass is 278 g/mol. The van der Waals surface area contributed by atoms with Crippen LogP contribution in [0.15, 0.2) is 0 Å². The number of likely N-dealkylation sites (N-methyl/N-ethyl adjacent to an activating group) is 1. The number of hydrogen-bond donors (Lipinski definition) is 0. The summed E-state index contributed by atoms with van der Waals surface area (Å²) >= 11 is 0. The van der Waals surface area contributed by atoms with Gasteiger partial charge in [0.05, 0.1) is 12.9 Å². The Morgan fingerprint density at radius 3 is 2.33 bits per heavy atom. The maximum absolute atomic E-state index is 12.0. The molecule has 1 aliphatic heterocycles. The third kappa shape index (κ3) is 4.55. The van der Waals surface area contributed by atoms with E-state index >= 15 is 0 Å². The van der Waals surface area contributed by atoms with Gasteiger partial charge in [-0.05, 0) is 13.0 Å². The summed E-state index contributed by atoms with van der Waals surface area (Å²) in [6.45, 7) is 5.69. The number of piperazine rings is 1. The molecule has 0 aromatic rings. The molecule has 1 rings (SSSR count). The van der Waals surface area contributed by atoms with Gasteiger partial charge in [-0.2, -0.15) is 4.31 Å². The molecule has 0 radical (unpaired) electrons. The number of hydrogen-bond acceptors (Lipinski definition) is 5. The number of sulfonamides is 1. The van der Waals surface area contributed by atoms with Gasteiger partial charge in [0.25, 0.3) is 0 Å². The SMILES string of the molecule is CCN1CCN(S(=O)(=O)CCCC(=O)OC)CC1. The van der Waals surface area contributed by atoms with Crippen molar-refractivity contribution < 1.29 is 17.9 Å². The Hall–Kier alpha value is -0.660. The standard InChI is InChI=1S/C11H22N2O4S/c1-3-12-6-8-13(9-7-12)18(15,16)10-4-5-11(14)17-2/h3-10H2,1-2H3. The fourth-order valence-corrected chi connectivity index (χ4v) is 3.44. The van der Waals surface area contributed by atoms with E-state index < -0.39 is 10.0 Å². The number of ether oxygens (including phenoxy) is 1. The van der Waals surface area contributed by atoms with E-state index in [1.807, 2.05) is 0 Å². The van der Waals surface area contributed by atoms with E-state index in [-0.39, 0.29) is 18.1 Å². The molecule has 1 saturated heterocycles. The summed E-state index contributed by atoms with van der Waals surface area (Å²) in [7, 11) is -1.91. The molecule has 0 atom stereocenters. The lowest BCUT2D eigenvalue weighted by Gasteiger charge is -2.33. The van der Waals surface area contributed by atoms with Crippen molar-refractivity contribution >= 4 is 16.0 Å². The zero-order valence-corrected chi connectivity index (χ0v) is 11.9. The third-order valence-corrected chi connectivity index (χ3v) is 5.14. The van der Waals surface area contributed by atoms with E-state index in [4.69, 9.17) is 0 Å². The van der Waals surface area contributed by atoms with Crippen LogP contribution < -0.4 is 0 Å². The van der Waals surface area contributed by atoms with Crippen molar-refractivity contribution in [3.05, 3.63) is 0 Å². The topological polar surface area (TPSA) is 66.9 Å². The minimum atomic E-state index is -3.22. The lowest BCUT2D eigenvalue weighted by atomic mass is 10.3. The van der Waals surface area contributed by atoms with Gasteiger partial charge < -0.3 is 9.64 Å². The average Bonchev–Trinajstić information content (AvgIpc) is 2.38. The molecule has 18 heavy (non-hydrogen) atoms. The number of methoxy groups -OCH3 is 1. The normalized spacial score (nSPS) is 18.8. The minimum Gasteiger partial charge on any atom is -0.469 e. The van der Waals surface area contributed by atoms with Crippen molar-refractivity contribution in [3.8, 4) is 0 Å². The molecule has 1 aliphatic rings. The average molecular weight is 278 g/mol. The van der Waals surface area contributed by atoms with Crippen molar-refractivity contribution in [2.45, 2.75) is 19.8 Å². The largest absolute Gasteiger partial charge is 0.469 e. The maximum Gasteiger partial charge on any atom is 0.305 e. The molecule has 0 aliphatic carbocycles. The molecule has 0 bridgehead atoms. The number of rotatable bonds is 6. The van der Waals surface area contributed by atoms with Crippen LogP contribution in [0.4, 0.5) is 0 Å². The Morgan fingerprint density at radius 1 is 1.22 bits per heavy atom. The molecule has 106 valence electrons. The molecule has 0 aromatic heterocycles. The van der Waals surface area contributed by atoms with E-state index in [9.17, 15) is 13.2 Å². The number of esters is 1. The summed E-state index contributed by atoms with van der Waals surface area (Å²) in [5, 5.41) is 0. The van der Waals surface area contributed by atoms with Gasteiger partial charge in [-0.25, -0.2) is 8.42 Å². The van der Waals surface area contributed by atoms with Crippen molar-refractivity contribution in [2.75, 3.05) is 45.6 Å². The number of nitrogens with zero attached hydrogens (tertiary/aromatic N) is 2. The Kier molecular flexibility index (Phi) is 6.04. The Bertz CT molecular complexity index is 361. The minimum absolute atomic E-state index is 0.0220. The summed E-state index contributed by atoms with van der Waals surface area (Å²) in [6.07, 6.45) is 0.480. The van der Waals surface area contributed by atoms with Gasteiger partial charge in [-0.1, -0.05) is 6.92 Å². The molecule has 1 fully saturated rings. The van der Waals surface area contributed by atoms with Crippen LogP contribution in [-0.4, -0.2) is 69.2 Å². The van der Waals surface area contributed by atoms with E-state index in [1.54, 1.807) is 0 Å². The van der Waals surface area contributed by atoms with Gasteiger partial charge >= 0.3 is 5.97 Å². The molecule has 7 heteroatoms. The molecular weight excluding hydrogens is 256 g/mol. The molecule has 0 unspecified atom stereocenters. The van der Waals surface area contributed by atoms with Crippen LogP contribution in [-0.2, 0) is 19.6 Å². The molecule has 1 heterocycles. The highest BCUT2D eigenvalue weighted by molar-refractivity contribution is 7.89. The summed E-state index contributed by atoms with van der Waals surface area (Å²) in [5.41, 5.74) is 0. The zero-order valence-electron chi connectivity index (χ0n) is 11.1.